The summed E-state index contributed by atoms with van der Waals surface area (Å²) in [6.45, 7) is 5.35. The van der Waals surface area contributed by atoms with Gasteiger partial charge in [-0.1, -0.05) is 32.0 Å². The molecule has 6 rings (SSSR count). The predicted octanol–water partition coefficient (Wildman–Crippen LogP) is 1.10. The van der Waals surface area contributed by atoms with E-state index in [1.54, 1.807) is 68.4 Å². The Morgan fingerprint density at radius 2 is 1.81 bits per heavy atom. The number of imidazole rings is 1. The van der Waals surface area contributed by atoms with Crippen molar-refractivity contribution in [2.24, 2.45) is 5.92 Å². The Hall–Kier alpha value is -4.82. The number of carbonyl (C=O) groups is 2. The molecule has 2 aliphatic rings. The third kappa shape index (κ3) is 7.85. The summed E-state index contributed by atoms with van der Waals surface area (Å²) in [5, 5.41) is 5.87. The van der Waals surface area contributed by atoms with Gasteiger partial charge in [-0.05, 0) is 32.6 Å². The van der Waals surface area contributed by atoms with Gasteiger partial charge in [-0.3, -0.25) is 43.4 Å². The molecular weight excluding hydrogens is 727 g/mol. The Labute approximate surface area is 308 Å². The van der Waals surface area contributed by atoms with Crippen LogP contribution < -0.4 is 27.4 Å². The lowest BCUT2D eigenvalue weighted by atomic mass is 10.0. The highest BCUT2D eigenvalue weighted by Gasteiger charge is 2.44. The fourth-order valence-electron chi connectivity index (χ4n) is 6.16. The van der Waals surface area contributed by atoms with Gasteiger partial charge < -0.3 is 24.1 Å². The Kier molecular flexibility index (Phi) is 11.4. The maximum Gasteiger partial charge on any atom is 0.345 e. The van der Waals surface area contributed by atoms with Gasteiger partial charge in [0.25, 0.3) is 11.1 Å². The first-order valence-corrected chi connectivity index (χ1v) is 18.7. The zero-order chi connectivity index (χ0) is 38.9. The van der Waals surface area contributed by atoms with E-state index in [4.69, 9.17) is 18.7 Å². The van der Waals surface area contributed by atoms with Crippen molar-refractivity contribution < 1.29 is 32.9 Å². The molecule has 5 heterocycles. The van der Waals surface area contributed by atoms with Crippen molar-refractivity contribution in [3.8, 4) is 0 Å². The summed E-state index contributed by atoms with van der Waals surface area (Å²) in [5.41, 5.74) is -0.660. The van der Waals surface area contributed by atoms with Crippen molar-refractivity contribution in [3.63, 3.8) is 0 Å². The minimum Gasteiger partial charge on any atom is -0.465 e. The van der Waals surface area contributed by atoms with Gasteiger partial charge in [0.15, 0.2) is 17.4 Å². The molecule has 5 atom stereocenters. The lowest BCUT2D eigenvalue weighted by molar-refractivity contribution is -0.118. The monoisotopic (exact) mass is 770 g/mol. The number of aromatic nitrogens is 6. The number of benzene rings is 1. The van der Waals surface area contributed by atoms with Crippen molar-refractivity contribution in [2.45, 2.75) is 45.4 Å². The molecule has 0 radical (unpaired) electrons. The molecule has 1 amide bonds. The highest BCUT2D eigenvalue weighted by atomic mass is 31.2. The third-order valence-electron chi connectivity index (χ3n) is 9.07. The fourth-order valence-corrected chi connectivity index (χ4v) is 8.12. The summed E-state index contributed by atoms with van der Waals surface area (Å²) in [4.78, 5) is 76.6. The van der Waals surface area contributed by atoms with E-state index < -0.39 is 55.1 Å². The topological polar surface area (TPSA) is 237 Å². The first-order chi connectivity index (χ1) is 25.7. The molecule has 290 valence electrons. The van der Waals surface area contributed by atoms with Crippen LogP contribution in [0.25, 0.3) is 11.2 Å². The minimum atomic E-state index is -3.93. The van der Waals surface area contributed by atoms with Gasteiger partial charge in [0.05, 0.1) is 44.4 Å². The molecule has 0 saturated carbocycles. The number of rotatable bonds is 11. The molecule has 0 unspecified atom stereocenters. The van der Waals surface area contributed by atoms with Crippen LogP contribution in [-0.4, -0.2) is 110 Å². The van der Waals surface area contributed by atoms with Gasteiger partial charge in [-0.2, -0.15) is 4.98 Å². The number of methoxy groups -OCH3 is 1. The molecular formula is C33H43N10O10P. The molecule has 54 heavy (non-hydrogen) atoms. The van der Waals surface area contributed by atoms with E-state index in [1.807, 2.05) is 0 Å². The summed E-state index contributed by atoms with van der Waals surface area (Å²) in [7, 11) is 0.523. The Bertz CT molecular complexity index is 2270. The highest BCUT2D eigenvalue weighted by molar-refractivity contribution is 7.53. The molecule has 4 N–H and O–H groups in total. The number of carbonyl (C=O) groups excluding carboxylic acids is 2. The van der Waals surface area contributed by atoms with E-state index in [0.29, 0.717) is 18.7 Å². The third-order valence-corrected chi connectivity index (χ3v) is 11.6. The standard InChI is InChI=1S/C33H43N10O10P/c1-18(2)28(44)37-32-36-27-26(30(46)38-32)35-17-43(27)24-12-34-11-20(52-24)16-51-54(49,40(4)5)41-14-23(21-9-7-8-10-22(21)31(47)50-6)53-25(15-41)42-13-19(3)29(45)39-33(42)48/h7-10,13,17-18,20,23-25,34H,11-12,14-16H2,1-6H3,(H,39,45,48)(H2,36,37,38,44,46)/t20-,23+,24+,25+,54-/m0/s1. The first kappa shape index (κ1) is 38.9. The van der Waals surface area contributed by atoms with Gasteiger partial charge in [0.1, 0.15) is 6.23 Å². The van der Waals surface area contributed by atoms with E-state index in [0.717, 1.165) is 0 Å². The summed E-state index contributed by atoms with van der Waals surface area (Å²) < 4.78 is 44.8. The van der Waals surface area contributed by atoms with Gasteiger partial charge in [-0.25, -0.2) is 23.9 Å². The number of esters is 1. The molecule has 1 aromatic carbocycles. The normalized spacial score (nSPS) is 22.0. The molecule has 0 spiro atoms. The van der Waals surface area contributed by atoms with Gasteiger partial charge in [0, 0.05) is 37.3 Å². The number of hydrogen-bond donors (Lipinski definition) is 4. The number of ether oxygens (including phenoxy) is 3. The summed E-state index contributed by atoms with van der Waals surface area (Å²) >= 11 is 0. The second kappa shape index (κ2) is 15.9. The molecule has 2 fully saturated rings. The van der Waals surface area contributed by atoms with Crippen LogP contribution in [0, 0.1) is 12.8 Å². The Morgan fingerprint density at radius 3 is 2.54 bits per heavy atom. The van der Waals surface area contributed by atoms with Crippen molar-refractivity contribution >= 4 is 36.7 Å². The van der Waals surface area contributed by atoms with Gasteiger partial charge in [0.2, 0.25) is 11.9 Å². The van der Waals surface area contributed by atoms with Crippen LogP contribution in [0.4, 0.5) is 5.95 Å². The Morgan fingerprint density at radius 1 is 1.06 bits per heavy atom. The van der Waals surface area contributed by atoms with Crippen LogP contribution in [-0.2, 0) is 28.1 Å². The largest absolute Gasteiger partial charge is 0.465 e. The SMILES string of the molecule is COC(=O)c1ccccc1[C@H]1CN([P@@](=O)(OC[C@@H]2CNC[C@H](n3cnc4c(=O)[nH]c(NC(=O)C(C)C)nc43)O2)N(C)C)C[C@H](n2cc(C)c(=O)[nH]c2=O)O1. The number of nitrogens with zero attached hydrogens (tertiary/aromatic N) is 6. The zero-order valence-corrected chi connectivity index (χ0v) is 31.5. The van der Waals surface area contributed by atoms with Crippen LogP contribution in [0.1, 0.15) is 53.9 Å². The number of hydrogen-bond acceptors (Lipinski definition) is 13. The lowest BCUT2D eigenvalue weighted by Crippen LogP contribution is -2.47. The van der Waals surface area contributed by atoms with E-state index in [9.17, 15) is 24.0 Å². The average Bonchev–Trinajstić information content (AvgIpc) is 3.59. The van der Waals surface area contributed by atoms with Gasteiger partial charge >= 0.3 is 19.3 Å². The molecule has 0 bridgehead atoms. The quantitative estimate of drug-likeness (QED) is 0.123. The van der Waals surface area contributed by atoms with Crippen molar-refractivity contribution in [3.05, 3.63) is 84.7 Å². The van der Waals surface area contributed by atoms with Crippen molar-refractivity contribution in [2.75, 3.05) is 59.3 Å². The van der Waals surface area contributed by atoms with E-state index in [-0.39, 0.29) is 59.8 Å². The van der Waals surface area contributed by atoms with Crippen molar-refractivity contribution in [1.82, 2.24) is 43.7 Å². The zero-order valence-electron chi connectivity index (χ0n) is 30.6. The smallest absolute Gasteiger partial charge is 0.345 e. The second-order valence-electron chi connectivity index (χ2n) is 13.4. The van der Waals surface area contributed by atoms with Crippen LogP contribution in [0.5, 0.6) is 0 Å². The molecule has 2 saturated heterocycles. The maximum atomic E-state index is 15.0. The van der Waals surface area contributed by atoms with Crippen LogP contribution in [0.2, 0.25) is 0 Å². The van der Waals surface area contributed by atoms with E-state index in [1.165, 1.54) is 28.9 Å². The molecule has 4 aromatic rings. The number of fused-ring (bicyclic) bond motifs is 1. The predicted molar refractivity (Wildman–Crippen MR) is 194 cm³/mol. The minimum absolute atomic E-state index is 0.0135. The number of aromatic amines is 2. The fraction of sp³-hybridized carbons (Fsp3) is 0.485. The molecule has 21 heteroatoms. The number of aryl methyl sites for hydroxylation is 1. The second-order valence-corrected chi connectivity index (χ2v) is 16.0. The van der Waals surface area contributed by atoms with E-state index >= 15 is 4.57 Å². The number of morpholine rings is 2. The molecule has 0 aliphatic carbocycles. The number of nitrogens with one attached hydrogen (secondary N) is 4. The molecule has 2 aliphatic heterocycles. The molecule has 20 nitrogen and oxygen atoms in total. The maximum absolute atomic E-state index is 15.0. The number of anilines is 1. The average molecular weight is 771 g/mol. The van der Waals surface area contributed by atoms with E-state index in [2.05, 4.69) is 30.6 Å². The Balaban J connectivity index is 1.27. The summed E-state index contributed by atoms with van der Waals surface area (Å²) in [6.07, 6.45) is -0.526. The first-order valence-electron chi connectivity index (χ1n) is 17.2. The summed E-state index contributed by atoms with van der Waals surface area (Å²) in [5.74, 6) is -1.31. The number of H-pyrrole nitrogens is 2. The lowest BCUT2D eigenvalue weighted by Gasteiger charge is -2.43. The highest BCUT2D eigenvalue weighted by Crippen LogP contribution is 2.55. The van der Waals surface area contributed by atoms with Crippen LogP contribution in [0.15, 0.2) is 51.2 Å². The van der Waals surface area contributed by atoms with Crippen LogP contribution >= 0.6 is 7.67 Å². The molecule has 3 aromatic heterocycles. The van der Waals surface area contributed by atoms with Gasteiger partial charge in [-0.15, -0.1) is 0 Å². The number of amides is 1. The summed E-state index contributed by atoms with van der Waals surface area (Å²) in [6, 6.07) is 6.66. The van der Waals surface area contributed by atoms with Crippen molar-refractivity contribution in [1.29, 1.82) is 0 Å². The van der Waals surface area contributed by atoms with Crippen LogP contribution in [0.3, 0.4) is 0 Å².